The van der Waals surface area contributed by atoms with Crippen LogP contribution in [0.25, 0.3) is 16.3 Å². The first-order chi connectivity index (χ1) is 14.6. The molecule has 0 saturated carbocycles. The molecule has 4 rings (SSSR count). The first kappa shape index (κ1) is 20.6. The van der Waals surface area contributed by atoms with E-state index in [0.717, 1.165) is 50.2 Å². The predicted molar refractivity (Wildman–Crippen MR) is 111 cm³/mol. The van der Waals surface area contributed by atoms with E-state index in [1.165, 1.54) is 28.2 Å². The minimum absolute atomic E-state index is 0.0890. The summed E-state index contributed by atoms with van der Waals surface area (Å²) < 4.78 is 34.4. The molecule has 9 heteroatoms. The van der Waals surface area contributed by atoms with Gasteiger partial charge < -0.3 is 10.1 Å². The van der Waals surface area contributed by atoms with Crippen LogP contribution in [0.15, 0.2) is 41.8 Å². The van der Waals surface area contributed by atoms with Crippen LogP contribution in [-0.2, 0) is 4.74 Å². The molecule has 0 radical (unpaired) electrons. The number of morpholine rings is 1. The van der Waals surface area contributed by atoms with Gasteiger partial charge in [0.25, 0.3) is 5.91 Å². The number of nitrogens with one attached hydrogen (secondary N) is 1. The largest absolute Gasteiger partial charge is 0.379 e. The van der Waals surface area contributed by atoms with Crippen molar-refractivity contribution in [3.63, 3.8) is 0 Å². The number of ether oxygens (including phenoxy) is 1. The average molecular weight is 432 g/mol. The van der Waals surface area contributed by atoms with Crippen LogP contribution in [0.1, 0.15) is 16.9 Å². The highest BCUT2D eigenvalue weighted by atomic mass is 32.1. The average Bonchev–Trinajstić information content (AvgIpc) is 3.42. The highest BCUT2D eigenvalue weighted by Crippen LogP contribution is 2.29. The Kier molecular flexibility index (Phi) is 6.51. The number of rotatable bonds is 7. The van der Waals surface area contributed by atoms with Gasteiger partial charge in [-0.05, 0) is 42.6 Å². The Balaban J connectivity index is 1.48. The van der Waals surface area contributed by atoms with E-state index in [9.17, 15) is 13.6 Å². The van der Waals surface area contributed by atoms with Crippen LogP contribution >= 0.6 is 11.3 Å². The van der Waals surface area contributed by atoms with Crippen molar-refractivity contribution < 1.29 is 18.3 Å². The van der Waals surface area contributed by atoms with Gasteiger partial charge in [-0.2, -0.15) is 5.10 Å². The lowest BCUT2D eigenvalue weighted by Gasteiger charge is -2.26. The summed E-state index contributed by atoms with van der Waals surface area (Å²) in [5.74, 6) is -1.73. The fourth-order valence-corrected chi connectivity index (χ4v) is 4.08. The lowest BCUT2D eigenvalue weighted by Crippen LogP contribution is -2.38. The van der Waals surface area contributed by atoms with Crippen LogP contribution in [0.2, 0.25) is 0 Å². The van der Waals surface area contributed by atoms with Crippen LogP contribution in [0.4, 0.5) is 8.78 Å². The molecule has 30 heavy (non-hydrogen) atoms. The first-order valence-corrected chi connectivity index (χ1v) is 10.7. The molecule has 1 N–H and O–H groups in total. The first-order valence-electron chi connectivity index (χ1n) is 9.79. The van der Waals surface area contributed by atoms with Gasteiger partial charge in [-0.25, -0.2) is 13.5 Å². The van der Waals surface area contributed by atoms with Crippen molar-refractivity contribution in [2.24, 2.45) is 0 Å². The van der Waals surface area contributed by atoms with Crippen molar-refractivity contribution >= 4 is 17.2 Å². The van der Waals surface area contributed by atoms with Gasteiger partial charge in [0.2, 0.25) is 0 Å². The van der Waals surface area contributed by atoms with Gasteiger partial charge in [0, 0.05) is 25.7 Å². The second-order valence-corrected chi connectivity index (χ2v) is 7.91. The highest BCUT2D eigenvalue weighted by molar-refractivity contribution is 7.13. The van der Waals surface area contributed by atoms with Gasteiger partial charge in [-0.15, -0.1) is 11.3 Å². The molecule has 0 aliphatic carbocycles. The van der Waals surface area contributed by atoms with E-state index in [1.54, 1.807) is 6.07 Å². The maximum absolute atomic E-state index is 14.4. The Morgan fingerprint density at radius 2 is 2.03 bits per heavy atom. The lowest BCUT2D eigenvalue weighted by molar-refractivity contribution is 0.0374. The summed E-state index contributed by atoms with van der Waals surface area (Å²) in [6.45, 7) is 4.71. The Morgan fingerprint density at radius 3 is 2.77 bits per heavy atom. The Bertz CT molecular complexity index is 1000. The maximum Gasteiger partial charge on any atom is 0.271 e. The molecule has 1 amide bonds. The quantitative estimate of drug-likeness (QED) is 0.582. The SMILES string of the molecule is O=C(NCCCN1CCOCC1)c1cc(-c2cccs2)n(-c2ccc(F)cc2F)n1. The summed E-state index contributed by atoms with van der Waals surface area (Å²) >= 11 is 1.45. The van der Waals surface area contributed by atoms with E-state index in [0.29, 0.717) is 12.2 Å². The van der Waals surface area contributed by atoms with E-state index >= 15 is 0 Å². The summed E-state index contributed by atoms with van der Waals surface area (Å²) in [6, 6.07) is 8.66. The summed E-state index contributed by atoms with van der Waals surface area (Å²) in [4.78, 5) is 15.8. The normalized spacial score (nSPS) is 14.7. The standard InChI is InChI=1S/C21H22F2N4O2S/c22-15-4-5-18(16(23)13-15)27-19(20-3-1-12-30-20)14-17(25-27)21(28)24-6-2-7-26-8-10-29-11-9-26/h1,3-5,12-14H,2,6-11H2,(H,24,28). The summed E-state index contributed by atoms with van der Waals surface area (Å²) in [7, 11) is 0. The summed E-state index contributed by atoms with van der Waals surface area (Å²) in [5.41, 5.74) is 0.855. The topological polar surface area (TPSA) is 59.4 Å². The van der Waals surface area contributed by atoms with E-state index in [2.05, 4.69) is 15.3 Å². The number of hydrogen-bond donors (Lipinski definition) is 1. The van der Waals surface area contributed by atoms with Crippen LogP contribution in [0.5, 0.6) is 0 Å². The molecule has 6 nitrogen and oxygen atoms in total. The molecule has 3 aromatic rings. The lowest BCUT2D eigenvalue weighted by atomic mass is 10.2. The number of aromatic nitrogens is 2. The minimum Gasteiger partial charge on any atom is -0.379 e. The van der Waals surface area contributed by atoms with Crippen molar-refractivity contribution in [1.82, 2.24) is 20.0 Å². The zero-order valence-corrected chi connectivity index (χ0v) is 17.1. The van der Waals surface area contributed by atoms with E-state index in [1.807, 2.05) is 17.5 Å². The predicted octanol–water partition coefficient (Wildman–Crippen LogP) is 3.33. The molecule has 0 atom stereocenters. The number of thiophene rings is 1. The van der Waals surface area contributed by atoms with Crippen molar-refractivity contribution in [2.45, 2.75) is 6.42 Å². The molecule has 1 saturated heterocycles. The van der Waals surface area contributed by atoms with Crippen LogP contribution in [-0.4, -0.2) is 60.0 Å². The number of amides is 1. The molecule has 1 aromatic carbocycles. The number of benzene rings is 1. The molecule has 1 fully saturated rings. The van der Waals surface area contributed by atoms with Gasteiger partial charge in [-0.1, -0.05) is 6.07 Å². The van der Waals surface area contributed by atoms with Gasteiger partial charge >= 0.3 is 0 Å². The van der Waals surface area contributed by atoms with Crippen LogP contribution in [0, 0.1) is 11.6 Å². The third-order valence-corrected chi connectivity index (χ3v) is 5.79. The second-order valence-electron chi connectivity index (χ2n) is 6.96. The fourth-order valence-electron chi connectivity index (χ4n) is 3.35. The Hall–Kier alpha value is -2.62. The van der Waals surface area contributed by atoms with Gasteiger partial charge in [0.1, 0.15) is 11.5 Å². The van der Waals surface area contributed by atoms with Crippen molar-refractivity contribution in [2.75, 3.05) is 39.4 Å². The molecule has 2 aromatic heterocycles. The number of carbonyl (C=O) groups excluding carboxylic acids is 1. The van der Waals surface area contributed by atoms with Gasteiger partial charge in [-0.3, -0.25) is 9.69 Å². The zero-order valence-electron chi connectivity index (χ0n) is 16.3. The molecule has 1 aliphatic rings. The van der Waals surface area contributed by atoms with Crippen molar-refractivity contribution in [1.29, 1.82) is 0 Å². The van der Waals surface area contributed by atoms with Gasteiger partial charge in [0.05, 0.1) is 23.8 Å². The maximum atomic E-state index is 14.4. The van der Waals surface area contributed by atoms with Crippen molar-refractivity contribution in [3.05, 3.63) is 59.1 Å². The Labute approximate surface area is 177 Å². The molecule has 158 valence electrons. The van der Waals surface area contributed by atoms with E-state index < -0.39 is 11.6 Å². The number of halogens is 2. The number of nitrogens with zero attached hydrogens (tertiary/aromatic N) is 3. The number of hydrogen-bond acceptors (Lipinski definition) is 5. The Morgan fingerprint density at radius 1 is 1.20 bits per heavy atom. The molecular weight excluding hydrogens is 410 g/mol. The molecule has 0 bridgehead atoms. The monoisotopic (exact) mass is 432 g/mol. The molecule has 0 unspecified atom stereocenters. The second kappa shape index (κ2) is 9.46. The third kappa shape index (κ3) is 4.75. The molecule has 1 aliphatic heterocycles. The smallest absolute Gasteiger partial charge is 0.271 e. The summed E-state index contributed by atoms with van der Waals surface area (Å²) in [6.07, 6.45) is 0.816. The van der Waals surface area contributed by atoms with E-state index in [4.69, 9.17) is 4.74 Å². The molecular formula is C21H22F2N4O2S. The van der Waals surface area contributed by atoms with Crippen LogP contribution in [0.3, 0.4) is 0 Å². The summed E-state index contributed by atoms with van der Waals surface area (Å²) in [5, 5.41) is 9.08. The third-order valence-electron chi connectivity index (χ3n) is 4.89. The molecule has 0 spiro atoms. The fraction of sp³-hybridized carbons (Fsp3) is 0.333. The van der Waals surface area contributed by atoms with Crippen molar-refractivity contribution in [3.8, 4) is 16.3 Å². The zero-order chi connectivity index (χ0) is 20.9. The highest BCUT2D eigenvalue weighted by Gasteiger charge is 2.19. The minimum atomic E-state index is -0.742. The molecule has 3 heterocycles. The number of carbonyl (C=O) groups is 1. The van der Waals surface area contributed by atoms with Crippen LogP contribution < -0.4 is 5.32 Å². The van der Waals surface area contributed by atoms with E-state index in [-0.39, 0.29) is 17.3 Å². The van der Waals surface area contributed by atoms with Gasteiger partial charge in [0.15, 0.2) is 11.5 Å².